The quantitative estimate of drug-likeness (QED) is 0.613. The molecule has 0 spiro atoms. The molecule has 0 N–H and O–H groups in total. The summed E-state index contributed by atoms with van der Waals surface area (Å²) in [4.78, 5) is 14.1. The second kappa shape index (κ2) is 8.07. The van der Waals surface area contributed by atoms with Crippen LogP contribution in [0.2, 0.25) is 0 Å². The van der Waals surface area contributed by atoms with Crippen molar-refractivity contribution in [3.8, 4) is 0 Å². The van der Waals surface area contributed by atoms with Crippen molar-refractivity contribution in [3.05, 3.63) is 46.7 Å². The number of carbonyl (C=O) groups is 1. The minimum absolute atomic E-state index is 0.251. The van der Waals surface area contributed by atoms with Gasteiger partial charge in [0.15, 0.2) is 0 Å². The highest BCUT2D eigenvalue weighted by Crippen LogP contribution is 2.37. The van der Waals surface area contributed by atoms with Gasteiger partial charge in [-0.2, -0.15) is 0 Å². The zero-order valence-corrected chi connectivity index (χ0v) is 16.8. The lowest BCUT2D eigenvalue weighted by atomic mass is 9.82. The van der Waals surface area contributed by atoms with E-state index < -0.39 is 0 Å². The van der Waals surface area contributed by atoms with Gasteiger partial charge in [0.1, 0.15) is 6.10 Å². The molecule has 1 heterocycles. The molecule has 2 rings (SSSR count). The molecule has 0 unspecified atom stereocenters. The predicted octanol–water partition coefficient (Wildman–Crippen LogP) is 6.47. The van der Waals surface area contributed by atoms with Crippen LogP contribution in [-0.2, 0) is 4.74 Å². The van der Waals surface area contributed by atoms with E-state index in [4.69, 9.17) is 4.74 Å². The number of amides is 1. The van der Waals surface area contributed by atoms with Crippen molar-refractivity contribution >= 4 is 6.09 Å². The molecule has 1 atom stereocenters. The molecule has 1 aromatic carbocycles. The van der Waals surface area contributed by atoms with Crippen LogP contribution in [0, 0.1) is 0 Å². The van der Waals surface area contributed by atoms with Crippen molar-refractivity contribution in [2.24, 2.45) is 0 Å². The highest BCUT2D eigenvalue weighted by atomic mass is 16.6. The van der Waals surface area contributed by atoms with E-state index in [1.807, 2.05) is 19.2 Å². The van der Waals surface area contributed by atoms with E-state index in [0.717, 1.165) is 6.42 Å². The van der Waals surface area contributed by atoms with Gasteiger partial charge in [0.2, 0.25) is 0 Å². The third kappa shape index (κ3) is 4.45. The number of carbonyl (C=O) groups excluding carboxylic acids is 1. The van der Waals surface area contributed by atoms with Crippen molar-refractivity contribution in [3.63, 3.8) is 0 Å². The van der Waals surface area contributed by atoms with Crippen LogP contribution in [0.1, 0.15) is 101 Å². The molecular weight excluding hydrogens is 310 g/mol. The number of hydrogen-bond acceptors (Lipinski definition) is 2. The van der Waals surface area contributed by atoms with Crippen molar-refractivity contribution in [1.82, 2.24) is 4.90 Å². The van der Waals surface area contributed by atoms with Gasteiger partial charge in [-0.25, -0.2) is 4.79 Å². The van der Waals surface area contributed by atoms with E-state index in [9.17, 15) is 4.79 Å². The highest BCUT2D eigenvalue weighted by molar-refractivity contribution is 5.70. The van der Waals surface area contributed by atoms with Crippen LogP contribution >= 0.6 is 0 Å². The first-order valence-electron chi connectivity index (χ1n) is 9.53. The Labute approximate surface area is 153 Å². The summed E-state index contributed by atoms with van der Waals surface area (Å²) < 4.78 is 5.84. The number of benzene rings is 1. The maximum atomic E-state index is 12.4. The normalized spacial score (nSPS) is 15.5. The molecule has 0 bridgehead atoms. The largest absolute Gasteiger partial charge is 0.441 e. The maximum absolute atomic E-state index is 12.4. The Morgan fingerprint density at radius 2 is 1.52 bits per heavy atom. The third-order valence-electron chi connectivity index (χ3n) is 4.92. The Kier molecular flexibility index (Phi) is 6.31. The topological polar surface area (TPSA) is 29.5 Å². The summed E-state index contributed by atoms with van der Waals surface area (Å²) >= 11 is 0. The number of hydrogen-bond donors (Lipinski definition) is 0. The van der Waals surface area contributed by atoms with Crippen LogP contribution in [0.4, 0.5) is 4.79 Å². The summed E-state index contributed by atoms with van der Waals surface area (Å²) in [6.45, 7) is 16.0. The fourth-order valence-corrected chi connectivity index (χ4v) is 3.40. The molecule has 138 valence electrons. The van der Waals surface area contributed by atoms with Gasteiger partial charge in [-0.15, -0.1) is 0 Å². The fraction of sp³-hybridized carbons (Fsp3) is 0.591. The van der Waals surface area contributed by atoms with Crippen molar-refractivity contribution < 1.29 is 9.53 Å². The van der Waals surface area contributed by atoms with E-state index in [2.05, 4.69) is 53.7 Å². The van der Waals surface area contributed by atoms with E-state index in [0.29, 0.717) is 24.3 Å². The van der Waals surface area contributed by atoms with E-state index in [1.54, 1.807) is 4.90 Å². The zero-order chi connectivity index (χ0) is 18.7. The third-order valence-corrected chi connectivity index (χ3v) is 4.92. The van der Waals surface area contributed by atoms with Gasteiger partial charge in [0, 0.05) is 12.7 Å². The Morgan fingerprint density at radius 1 is 0.960 bits per heavy atom. The first-order valence-corrected chi connectivity index (χ1v) is 9.53. The summed E-state index contributed by atoms with van der Waals surface area (Å²) in [5.41, 5.74) is 5.14. The number of ether oxygens (including phenoxy) is 1. The minimum Gasteiger partial charge on any atom is -0.441 e. The SMILES string of the molecule is CC(C)c1cc(C(C)C)c([C@@H](C)OC(=O)N2C=CCC2)c(C(C)C)c1. The molecular formula is C22H33NO2. The molecule has 1 amide bonds. The number of nitrogens with zero attached hydrogens (tertiary/aromatic N) is 1. The average molecular weight is 344 g/mol. The molecule has 0 aliphatic carbocycles. The second-order valence-electron chi connectivity index (χ2n) is 7.97. The minimum atomic E-state index is -0.252. The Balaban J connectivity index is 2.42. The Bertz CT molecular complexity index is 614. The van der Waals surface area contributed by atoms with Gasteiger partial charge < -0.3 is 4.74 Å². The van der Waals surface area contributed by atoms with Crippen molar-refractivity contribution in [1.29, 1.82) is 0 Å². The van der Waals surface area contributed by atoms with Crippen LogP contribution in [0.25, 0.3) is 0 Å². The standard InChI is InChI=1S/C22H33NO2/c1-14(2)18-12-19(15(3)4)21(20(13-18)16(5)6)17(7)25-22(24)23-10-8-9-11-23/h8,10,12-17H,9,11H2,1-7H3/t17-/m1/s1. The van der Waals surface area contributed by atoms with Crippen LogP contribution < -0.4 is 0 Å². The van der Waals surface area contributed by atoms with Gasteiger partial charge in [-0.1, -0.05) is 59.8 Å². The van der Waals surface area contributed by atoms with Crippen molar-refractivity contribution in [2.45, 2.75) is 78.7 Å². The van der Waals surface area contributed by atoms with Crippen LogP contribution in [0.3, 0.4) is 0 Å². The summed E-state index contributed by atoms with van der Waals surface area (Å²) in [6.07, 6.45) is 4.23. The van der Waals surface area contributed by atoms with Gasteiger partial charge in [-0.05, 0) is 53.4 Å². The molecule has 1 aliphatic heterocycles. The second-order valence-corrected chi connectivity index (χ2v) is 7.97. The van der Waals surface area contributed by atoms with Gasteiger partial charge in [0.05, 0.1) is 0 Å². The summed E-state index contributed by atoms with van der Waals surface area (Å²) in [7, 11) is 0. The van der Waals surface area contributed by atoms with Gasteiger partial charge in [-0.3, -0.25) is 4.90 Å². The fourth-order valence-electron chi connectivity index (χ4n) is 3.40. The molecule has 0 aromatic heterocycles. The lowest BCUT2D eigenvalue weighted by molar-refractivity contribution is 0.0826. The van der Waals surface area contributed by atoms with E-state index >= 15 is 0 Å². The summed E-state index contributed by atoms with van der Waals surface area (Å²) in [5, 5.41) is 0. The molecule has 0 fully saturated rings. The van der Waals surface area contributed by atoms with Crippen LogP contribution in [0.5, 0.6) is 0 Å². The van der Waals surface area contributed by atoms with Crippen LogP contribution in [0.15, 0.2) is 24.4 Å². The van der Waals surface area contributed by atoms with E-state index in [-0.39, 0.29) is 12.2 Å². The smallest absolute Gasteiger partial charge is 0.414 e. The molecule has 0 saturated carbocycles. The Morgan fingerprint density at radius 3 is 1.92 bits per heavy atom. The first-order chi connectivity index (χ1) is 11.7. The first kappa shape index (κ1) is 19.6. The molecule has 3 heteroatoms. The molecule has 0 radical (unpaired) electrons. The maximum Gasteiger partial charge on any atom is 0.414 e. The van der Waals surface area contributed by atoms with Gasteiger partial charge >= 0.3 is 6.09 Å². The van der Waals surface area contributed by atoms with E-state index in [1.165, 1.54) is 22.3 Å². The average Bonchev–Trinajstić information content (AvgIpc) is 3.07. The molecule has 1 aliphatic rings. The molecule has 3 nitrogen and oxygen atoms in total. The van der Waals surface area contributed by atoms with Crippen LogP contribution in [-0.4, -0.2) is 17.5 Å². The van der Waals surface area contributed by atoms with Gasteiger partial charge in [0.25, 0.3) is 0 Å². The predicted molar refractivity (Wildman–Crippen MR) is 104 cm³/mol. The van der Waals surface area contributed by atoms with Crippen molar-refractivity contribution in [2.75, 3.05) is 6.54 Å². The summed E-state index contributed by atoms with van der Waals surface area (Å²) in [5.74, 6) is 1.26. The molecule has 25 heavy (non-hydrogen) atoms. The summed E-state index contributed by atoms with van der Waals surface area (Å²) in [6, 6.07) is 4.60. The molecule has 1 aromatic rings. The highest BCUT2D eigenvalue weighted by Gasteiger charge is 2.25. The lowest BCUT2D eigenvalue weighted by Crippen LogP contribution is -2.26. The zero-order valence-electron chi connectivity index (χ0n) is 16.8. The number of rotatable bonds is 5. The lowest BCUT2D eigenvalue weighted by Gasteiger charge is -2.27. The molecule has 0 saturated heterocycles. The Hall–Kier alpha value is -1.77. The monoisotopic (exact) mass is 343 g/mol.